The Morgan fingerprint density at radius 2 is 2.11 bits per heavy atom. The van der Waals surface area contributed by atoms with Gasteiger partial charge >= 0.3 is 12.1 Å². The number of nitrogens with one attached hydrogen (secondary N) is 2. The summed E-state index contributed by atoms with van der Waals surface area (Å²) in [5, 5.41) is 5.25. The SMILES string of the molecule is O=C(N[C@]12CCC[C@H]1c1ccccc1N2)C(F)(F)F. The Bertz CT molecular complexity index is 529. The van der Waals surface area contributed by atoms with Gasteiger partial charge in [-0.1, -0.05) is 18.2 Å². The maximum absolute atomic E-state index is 12.4. The van der Waals surface area contributed by atoms with Crippen LogP contribution in [0.2, 0.25) is 0 Å². The first-order valence-corrected chi connectivity index (χ1v) is 6.19. The summed E-state index contributed by atoms with van der Waals surface area (Å²) in [5.41, 5.74) is 0.827. The minimum atomic E-state index is -4.85. The van der Waals surface area contributed by atoms with Gasteiger partial charge in [0.05, 0.1) is 0 Å². The number of fused-ring (bicyclic) bond motifs is 3. The predicted octanol–water partition coefficient (Wildman–Crippen LogP) is 2.75. The lowest BCUT2D eigenvalue weighted by Gasteiger charge is -2.32. The lowest BCUT2D eigenvalue weighted by molar-refractivity contribution is -0.175. The molecule has 0 saturated heterocycles. The van der Waals surface area contributed by atoms with Crippen molar-refractivity contribution in [1.29, 1.82) is 0 Å². The number of alkyl halides is 3. The average Bonchev–Trinajstić information content (AvgIpc) is 2.83. The summed E-state index contributed by atoms with van der Waals surface area (Å²) < 4.78 is 37.3. The normalized spacial score (nSPS) is 28.5. The Kier molecular flexibility index (Phi) is 2.52. The monoisotopic (exact) mass is 270 g/mol. The van der Waals surface area contributed by atoms with Crippen molar-refractivity contribution < 1.29 is 18.0 Å². The molecule has 3 nitrogen and oxygen atoms in total. The molecule has 102 valence electrons. The van der Waals surface area contributed by atoms with Crippen molar-refractivity contribution in [2.45, 2.75) is 37.0 Å². The van der Waals surface area contributed by atoms with Crippen LogP contribution >= 0.6 is 0 Å². The number of anilines is 1. The number of para-hydroxylation sites is 1. The standard InChI is InChI=1S/C13H13F3N2O/c14-13(15,16)11(19)18-12-7-3-5-9(12)8-4-1-2-6-10(8)17-12/h1-2,4,6,9,17H,3,5,7H2,(H,18,19)/t9-,12+/m0/s1. The molecule has 3 rings (SSSR count). The number of halogens is 3. The van der Waals surface area contributed by atoms with E-state index in [0.717, 1.165) is 24.1 Å². The number of amides is 1. The van der Waals surface area contributed by atoms with Crippen LogP contribution in [0.5, 0.6) is 0 Å². The molecule has 19 heavy (non-hydrogen) atoms. The van der Waals surface area contributed by atoms with Crippen LogP contribution < -0.4 is 10.6 Å². The van der Waals surface area contributed by atoms with Gasteiger partial charge in [0.25, 0.3) is 0 Å². The predicted molar refractivity (Wildman–Crippen MR) is 63.6 cm³/mol. The number of rotatable bonds is 1. The summed E-state index contributed by atoms with van der Waals surface area (Å²) in [6.07, 6.45) is -2.77. The zero-order chi connectivity index (χ0) is 13.7. The Hall–Kier alpha value is -1.72. The Balaban J connectivity index is 1.91. The molecule has 6 heteroatoms. The van der Waals surface area contributed by atoms with E-state index in [1.54, 1.807) is 0 Å². The van der Waals surface area contributed by atoms with E-state index < -0.39 is 17.7 Å². The third-order valence-corrected chi connectivity index (χ3v) is 3.95. The summed E-state index contributed by atoms with van der Waals surface area (Å²) in [6, 6.07) is 7.42. The van der Waals surface area contributed by atoms with Gasteiger partial charge in [0, 0.05) is 11.6 Å². The molecule has 1 saturated carbocycles. The molecule has 1 fully saturated rings. The van der Waals surface area contributed by atoms with Gasteiger partial charge < -0.3 is 10.6 Å². The van der Waals surface area contributed by atoms with E-state index in [2.05, 4.69) is 10.6 Å². The Morgan fingerprint density at radius 3 is 2.84 bits per heavy atom. The average molecular weight is 270 g/mol. The van der Waals surface area contributed by atoms with Crippen molar-refractivity contribution in [1.82, 2.24) is 5.32 Å². The molecule has 0 bridgehead atoms. The third kappa shape index (κ3) is 1.86. The summed E-state index contributed by atoms with van der Waals surface area (Å²) in [5.74, 6) is -1.96. The highest BCUT2D eigenvalue weighted by molar-refractivity contribution is 5.83. The van der Waals surface area contributed by atoms with Crippen molar-refractivity contribution in [2.75, 3.05) is 5.32 Å². The highest BCUT2D eigenvalue weighted by Crippen LogP contribution is 2.51. The van der Waals surface area contributed by atoms with Gasteiger partial charge in [0.1, 0.15) is 5.66 Å². The second kappa shape index (κ2) is 3.88. The molecular weight excluding hydrogens is 257 g/mol. The van der Waals surface area contributed by atoms with E-state index in [4.69, 9.17) is 0 Å². The van der Waals surface area contributed by atoms with Crippen LogP contribution in [0.3, 0.4) is 0 Å². The van der Waals surface area contributed by atoms with Crippen LogP contribution in [0.15, 0.2) is 24.3 Å². The van der Waals surface area contributed by atoms with Gasteiger partial charge in [-0.25, -0.2) is 0 Å². The van der Waals surface area contributed by atoms with E-state index in [1.165, 1.54) is 0 Å². The van der Waals surface area contributed by atoms with Gasteiger partial charge in [-0.05, 0) is 30.9 Å². The lowest BCUT2D eigenvalue weighted by Crippen LogP contribution is -2.56. The maximum atomic E-state index is 12.4. The second-order valence-electron chi connectivity index (χ2n) is 5.08. The molecule has 1 amide bonds. The number of carbonyl (C=O) groups is 1. The van der Waals surface area contributed by atoms with Gasteiger partial charge in [-0.2, -0.15) is 13.2 Å². The smallest absolute Gasteiger partial charge is 0.362 e. The molecule has 2 N–H and O–H groups in total. The number of carbonyl (C=O) groups excluding carboxylic acids is 1. The maximum Gasteiger partial charge on any atom is 0.471 e. The molecule has 1 aromatic carbocycles. The van der Waals surface area contributed by atoms with Crippen molar-refractivity contribution in [3.05, 3.63) is 29.8 Å². The fourth-order valence-electron chi connectivity index (χ4n) is 3.19. The molecule has 1 aromatic rings. The summed E-state index contributed by atoms with van der Waals surface area (Å²) in [6.45, 7) is 0. The first-order chi connectivity index (χ1) is 8.92. The molecule has 0 radical (unpaired) electrons. The number of hydrogen-bond acceptors (Lipinski definition) is 2. The van der Waals surface area contributed by atoms with Crippen molar-refractivity contribution >= 4 is 11.6 Å². The molecular formula is C13H13F3N2O. The quantitative estimate of drug-likeness (QED) is 0.824. The van der Waals surface area contributed by atoms with Crippen LogP contribution in [0, 0.1) is 0 Å². The number of benzene rings is 1. The van der Waals surface area contributed by atoms with Crippen LogP contribution in [-0.2, 0) is 4.79 Å². The third-order valence-electron chi connectivity index (χ3n) is 3.95. The lowest BCUT2D eigenvalue weighted by atomic mass is 9.93. The molecule has 1 aliphatic heterocycles. The van der Waals surface area contributed by atoms with E-state index in [9.17, 15) is 18.0 Å². The molecule has 1 aliphatic carbocycles. The van der Waals surface area contributed by atoms with Crippen LogP contribution in [0.25, 0.3) is 0 Å². The summed E-state index contributed by atoms with van der Waals surface area (Å²) in [4.78, 5) is 11.2. The van der Waals surface area contributed by atoms with Crippen LogP contribution in [-0.4, -0.2) is 17.7 Å². The Morgan fingerprint density at radius 1 is 1.37 bits per heavy atom. The minimum absolute atomic E-state index is 0.0880. The van der Waals surface area contributed by atoms with E-state index in [0.29, 0.717) is 6.42 Å². The zero-order valence-electron chi connectivity index (χ0n) is 10.1. The minimum Gasteiger partial charge on any atom is -0.362 e. The van der Waals surface area contributed by atoms with Crippen molar-refractivity contribution in [2.24, 2.45) is 0 Å². The molecule has 1 heterocycles. The Labute approximate surface area is 108 Å². The van der Waals surface area contributed by atoms with E-state index in [-0.39, 0.29) is 5.92 Å². The summed E-state index contributed by atoms with van der Waals surface area (Å²) in [7, 11) is 0. The zero-order valence-corrected chi connectivity index (χ0v) is 10.1. The van der Waals surface area contributed by atoms with Crippen LogP contribution in [0.4, 0.5) is 18.9 Å². The molecule has 2 atom stereocenters. The van der Waals surface area contributed by atoms with E-state index in [1.807, 2.05) is 24.3 Å². The first-order valence-electron chi connectivity index (χ1n) is 6.19. The topological polar surface area (TPSA) is 41.1 Å². The van der Waals surface area contributed by atoms with E-state index >= 15 is 0 Å². The second-order valence-corrected chi connectivity index (χ2v) is 5.08. The fourth-order valence-corrected chi connectivity index (χ4v) is 3.19. The first kappa shape index (κ1) is 12.3. The molecule has 2 aliphatic rings. The largest absolute Gasteiger partial charge is 0.471 e. The van der Waals surface area contributed by atoms with Crippen molar-refractivity contribution in [3.8, 4) is 0 Å². The van der Waals surface area contributed by atoms with Crippen LogP contribution in [0.1, 0.15) is 30.7 Å². The highest BCUT2D eigenvalue weighted by atomic mass is 19.4. The fraction of sp³-hybridized carbons (Fsp3) is 0.462. The van der Waals surface area contributed by atoms with Gasteiger partial charge in [-0.3, -0.25) is 4.79 Å². The van der Waals surface area contributed by atoms with Crippen molar-refractivity contribution in [3.63, 3.8) is 0 Å². The molecule has 0 spiro atoms. The van der Waals surface area contributed by atoms with Gasteiger partial charge in [-0.15, -0.1) is 0 Å². The number of hydrogen-bond donors (Lipinski definition) is 2. The van der Waals surface area contributed by atoms with Gasteiger partial charge in [0.15, 0.2) is 0 Å². The van der Waals surface area contributed by atoms with Gasteiger partial charge in [0.2, 0.25) is 0 Å². The summed E-state index contributed by atoms with van der Waals surface area (Å²) >= 11 is 0. The molecule has 0 unspecified atom stereocenters. The highest BCUT2D eigenvalue weighted by Gasteiger charge is 2.53. The molecule has 0 aromatic heterocycles.